The number of β-lactam (4-membered cyclic amide) rings is 1. The first-order chi connectivity index (χ1) is 18.9. The lowest BCUT2D eigenvalue weighted by Gasteiger charge is -2.47. The van der Waals surface area contributed by atoms with Crippen LogP contribution >= 0.6 is 11.8 Å². The van der Waals surface area contributed by atoms with Gasteiger partial charge in [-0.1, -0.05) is 6.92 Å². The third-order valence-corrected chi connectivity index (χ3v) is 9.23. The number of aliphatic carboxylic acids is 1. The number of likely N-dealkylation sites (N-methyl/N-ethyl adjacent to an activating group) is 1. The maximum atomic E-state index is 13.1. The summed E-state index contributed by atoms with van der Waals surface area (Å²) in [7, 11) is 1.64. The van der Waals surface area contributed by atoms with Gasteiger partial charge in [-0.05, 0) is 26.8 Å². The Morgan fingerprint density at radius 1 is 1.27 bits per heavy atom. The second-order valence-corrected chi connectivity index (χ2v) is 11.8. The van der Waals surface area contributed by atoms with Crippen molar-refractivity contribution in [2.45, 2.75) is 62.6 Å². The molecule has 4 amide bonds. The molecule has 4 heterocycles. The molecule has 3 fully saturated rings. The number of carbonyl (C=O) groups is 5. The minimum atomic E-state index is -3.22. The summed E-state index contributed by atoms with van der Waals surface area (Å²) in [5.41, 5.74) is 2.23. The van der Waals surface area contributed by atoms with E-state index in [0.29, 0.717) is 37.4 Å². The molecule has 4 aliphatic rings. The SMILES string of the molecule is CNCC(=O)NOC1CCN(C(=O)[C@@H]2C[C@H](SC3=C(C(=O)O)N4C(=O)[C@H]([C@@H](C)NC(=O)C(F)F)[C@H]4[C@H]3C)CN2)C1. The van der Waals surface area contributed by atoms with Crippen molar-refractivity contribution in [3.8, 4) is 0 Å². The molecular weight excluding hydrogens is 554 g/mol. The second kappa shape index (κ2) is 12.4. The molecule has 0 spiro atoms. The molecule has 13 nitrogen and oxygen atoms in total. The molecule has 0 aromatic heterocycles. The molecule has 222 valence electrons. The van der Waals surface area contributed by atoms with Crippen molar-refractivity contribution < 1.29 is 42.7 Å². The van der Waals surface area contributed by atoms with Crippen molar-refractivity contribution >= 4 is 41.4 Å². The Labute approximate surface area is 233 Å². The Kier molecular flexibility index (Phi) is 9.32. The Bertz CT molecular complexity index is 1090. The highest BCUT2D eigenvalue weighted by molar-refractivity contribution is 8.03. The molecule has 16 heteroatoms. The van der Waals surface area contributed by atoms with Crippen molar-refractivity contribution in [2.75, 3.05) is 33.2 Å². The molecule has 4 aliphatic heterocycles. The monoisotopic (exact) mass is 588 g/mol. The minimum Gasteiger partial charge on any atom is -0.477 e. The highest BCUT2D eigenvalue weighted by Crippen LogP contribution is 2.51. The van der Waals surface area contributed by atoms with Gasteiger partial charge in [-0.25, -0.2) is 10.3 Å². The number of halogens is 2. The summed E-state index contributed by atoms with van der Waals surface area (Å²) in [5, 5.41) is 17.9. The largest absolute Gasteiger partial charge is 0.477 e. The van der Waals surface area contributed by atoms with Crippen molar-refractivity contribution in [1.29, 1.82) is 0 Å². The summed E-state index contributed by atoms with van der Waals surface area (Å²) in [5.74, 6) is -4.92. The number of alkyl halides is 2. The molecule has 0 bridgehead atoms. The summed E-state index contributed by atoms with van der Waals surface area (Å²) in [6.45, 7) is 4.61. The normalized spacial score (nSPS) is 30.4. The Balaban J connectivity index is 1.34. The number of hydroxylamine groups is 1. The maximum Gasteiger partial charge on any atom is 0.353 e. The molecule has 0 aromatic rings. The van der Waals surface area contributed by atoms with Crippen molar-refractivity contribution in [2.24, 2.45) is 11.8 Å². The predicted octanol–water partition coefficient (Wildman–Crippen LogP) is -1.14. The van der Waals surface area contributed by atoms with Crippen molar-refractivity contribution in [1.82, 2.24) is 31.2 Å². The quantitative estimate of drug-likeness (QED) is 0.147. The van der Waals surface area contributed by atoms with Gasteiger partial charge >= 0.3 is 12.4 Å². The topological polar surface area (TPSA) is 169 Å². The van der Waals surface area contributed by atoms with Crippen LogP contribution in [0.1, 0.15) is 26.7 Å². The van der Waals surface area contributed by atoms with E-state index < -0.39 is 54.2 Å². The minimum absolute atomic E-state index is 0.106. The lowest BCUT2D eigenvalue weighted by Crippen LogP contribution is -2.66. The van der Waals surface area contributed by atoms with E-state index in [4.69, 9.17) is 4.84 Å². The van der Waals surface area contributed by atoms with Gasteiger partial charge in [-0.3, -0.25) is 24.0 Å². The molecule has 0 aliphatic carbocycles. The van der Waals surface area contributed by atoms with E-state index in [1.165, 1.54) is 23.6 Å². The van der Waals surface area contributed by atoms with E-state index in [0.717, 1.165) is 0 Å². The first-order valence-electron chi connectivity index (χ1n) is 13.1. The molecule has 0 radical (unpaired) electrons. The van der Waals surface area contributed by atoms with E-state index >= 15 is 0 Å². The summed E-state index contributed by atoms with van der Waals surface area (Å²) in [4.78, 5) is 70.0. The van der Waals surface area contributed by atoms with Gasteiger partial charge in [0, 0.05) is 41.7 Å². The van der Waals surface area contributed by atoms with Crippen LogP contribution in [0.2, 0.25) is 0 Å². The molecule has 4 rings (SSSR count). The fraction of sp³-hybridized carbons (Fsp3) is 0.708. The zero-order chi connectivity index (χ0) is 29.3. The van der Waals surface area contributed by atoms with Crippen LogP contribution < -0.4 is 21.4 Å². The van der Waals surface area contributed by atoms with Crippen LogP contribution in [0.15, 0.2) is 10.6 Å². The van der Waals surface area contributed by atoms with E-state index in [9.17, 15) is 37.9 Å². The fourth-order valence-corrected chi connectivity index (χ4v) is 7.30. The van der Waals surface area contributed by atoms with Gasteiger partial charge in [0.1, 0.15) is 11.8 Å². The molecule has 40 heavy (non-hydrogen) atoms. The maximum absolute atomic E-state index is 13.1. The van der Waals surface area contributed by atoms with Crippen LogP contribution in [0.25, 0.3) is 0 Å². The zero-order valence-electron chi connectivity index (χ0n) is 22.3. The number of fused-ring (bicyclic) bond motifs is 1. The van der Waals surface area contributed by atoms with E-state index in [-0.39, 0.29) is 35.4 Å². The molecule has 0 aromatic carbocycles. The molecule has 0 saturated carbocycles. The highest BCUT2D eigenvalue weighted by atomic mass is 32.2. The number of amides is 4. The van der Waals surface area contributed by atoms with Gasteiger partial charge < -0.3 is 30.9 Å². The Hall–Kier alpha value is -2.82. The standard InChI is InChI=1S/C24H34F2N6O7S/c1-10-17-16(11(2)29-21(34)20(25)26)23(36)32(17)18(24(37)38)19(10)40-13-6-14(28-7-13)22(35)31-5-4-12(9-31)39-30-15(33)8-27-3/h10-14,16-17,20,27-28H,4-9H2,1-3H3,(H,29,34)(H,30,33)(H,37,38)/t10-,11-,12?,13+,14+,16-,17-/m1/s1. The average Bonchev–Trinajstić information content (AvgIpc) is 3.61. The number of likely N-dealkylation sites (tertiary alicyclic amines) is 1. The number of nitrogens with one attached hydrogen (secondary N) is 4. The third kappa shape index (κ3) is 5.94. The van der Waals surface area contributed by atoms with Gasteiger partial charge in [0.15, 0.2) is 0 Å². The summed E-state index contributed by atoms with van der Waals surface area (Å²) >= 11 is 1.31. The predicted molar refractivity (Wildman–Crippen MR) is 137 cm³/mol. The van der Waals surface area contributed by atoms with Crippen LogP contribution in [0, 0.1) is 11.8 Å². The molecule has 1 unspecified atom stereocenters. The zero-order valence-corrected chi connectivity index (χ0v) is 23.1. The first kappa shape index (κ1) is 30.1. The van der Waals surface area contributed by atoms with Crippen LogP contribution in [-0.2, 0) is 28.8 Å². The third-order valence-electron chi connectivity index (χ3n) is 7.71. The second-order valence-electron chi connectivity index (χ2n) is 10.4. The van der Waals surface area contributed by atoms with Crippen molar-refractivity contribution in [3.63, 3.8) is 0 Å². The van der Waals surface area contributed by atoms with Gasteiger partial charge in [-0.15, -0.1) is 11.8 Å². The average molecular weight is 589 g/mol. The molecule has 3 saturated heterocycles. The fourth-order valence-electron chi connectivity index (χ4n) is 5.83. The van der Waals surface area contributed by atoms with Gasteiger partial charge in [0.05, 0.1) is 24.5 Å². The summed E-state index contributed by atoms with van der Waals surface area (Å²) in [6.07, 6.45) is -2.52. The Morgan fingerprint density at radius 2 is 2.00 bits per heavy atom. The number of hydrogen-bond donors (Lipinski definition) is 5. The highest BCUT2D eigenvalue weighted by Gasteiger charge is 2.60. The number of carboxylic acid groups (broad SMARTS) is 1. The number of nitrogens with zero attached hydrogens (tertiary/aromatic N) is 2. The Morgan fingerprint density at radius 3 is 2.65 bits per heavy atom. The smallest absolute Gasteiger partial charge is 0.353 e. The summed E-state index contributed by atoms with van der Waals surface area (Å²) in [6, 6.07) is -1.94. The molecule has 7 atom stereocenters. The van der Waals surface area contributed by atoms with Crippen LogP contribution in [0.4, 0.5) is 8.78 Å². The molecular formula is C24H34F2N6O7S. The molecule has 5 N–H and O–H groups in total. The van der Waals surface area contributed by atoms with Crippen LogP contribution in [-0.4, -0.2) is 114 Å². The number of carboxylic acids is 1. The van der Waals surface area contributed by atoms with E-state index in [2.05, 4.69) is 21.4 Å². The number of thioether (sulfide) groups is 1. The lowest BCUT2D eigenvalue weighted by atomic mass is 9.78. The van der Waals surface area contributed by atoms with Crippen LogP contribution in [0.3, 0.4) is 0 Å². The number of rotatable bonds is 11. The summed E-state index contributed by atoms with van der Waals surface area (Å²) < 4.78 is 25.4. The van der Waals surface area contributed by atoms with Crippen molar-refractivity contribution in [3.05, 3.63) is 10.6 Å². The van der Waals surface area contributed by atoms with Gasteiger partial charge in [0.25, 0.3) is 11.8 Å². The van der Waals surface area contributed by atoms with E-state index in [1.54, 1.807) is 18.9 Å². The van der Waals surface area contributed by atoms with Gasteiger partial charge in [-0.2, -0.15) is 8.78 Å². The number of hydrogen-bond acceptors (Lipinski definition) is 9. The lowest BCUT2D eigenvalue weighted by molar-refractivity contribution is -0.159. The van der Waals surface area contributed by atoms with Crippen LogP contribution in [0.5, 0.6) is 0 Å². The van der Waals surface area contributed by atoms with Gasteiger partial charge in [0.2, 0.25) is 11.8 Å². The number of carbonyl (C=O) groups excluding carboxylic acids is 4. The van der Waals surface area contributed by atoms with E-state index in [1.807, 2.05) is 0 Å². The first-order valence-corrected chi connectivity index (χ1v) is 14.0.